The third kappa shape index (κ3) is 3.88. The molecule has 0 heterocycles. The molecule has 0 aliphatic rings. The molecule has 0 saturated carbocycles. The first-order valence-electron chi connectivity index (χ1n) is 5.97. The van der Waals surface area contributed by atoms with Gasteiger partial charge in [-0.25, -0.2) is 4.79 Å². The third-order valence-corrected chi connectivity index (χ3v) is 2.36. The third-order valence-electron chi connectivity index (χ3n) is 2.36. The number of hydrogen-bond acceptors (Lipinski definition) is 2. The van der Waals surface area contributed by atoms with Crippen LogP contribution in [0.25, 0.3) is 6.08 Å². The largest absolute Gasteiger partial charge is 0.456 e. The average Bonchev–Trinajstić information content (AvgIpc) is 2.27. The van der Waals surface area contributed by atoms with Gasteiger partial charge >= 0.3 is 5.97 Å². The van der Waals surface area contributed by atoms with Crippen molar-refractivity contribution in [1.29, 1.82) is 0 Å². The molecule has 0 aliphatic heterocycles. The van der Waals surface area contributed by atoms with E-state index < -0.39 is 5.60 Å². The molecule has 1 aromatic rings. The molecule has 0 bridgehead atoms. The minimum atomic E-state index is -0.479. The Kier molecular flexibility index (Phi) is 4.49. The van der Waals surface area contributed by atoms with Gasteiger partial charge in [-0.2, -0.15) is 0 Å². The van der Waals surface area contributed by atoms with Gasteiger partial charge in [0.05, 0.1) is 5.56 Å². The Labute approximate surface area is 109 Å². The van der Waals surface area contributed by atoms with E-state index in [-0.39, 0.29) is 5.97 Å². The molecule has 0 unspecified atom stereocenters. The molecule has 18 heavy (non-hydrogen) atoms. The molecule has 0 fully saturated rings. The molecule has 1 rings (SSSR count). The highest BCUT2D eigenvalue weighted by atomic mass is 16.6. The van der Waals surface area contributed by atoms with Crippen LogP contribution in [0, 0.1) is 0 Å². The summed E-state index contributed by atoms with van der Waals surface area (Å²) in [6.45, 7) is 13.0. The predicted molar refractivity (Wildman–Crippen MR) is 75.6 cm³/mol. The van der Waals surface area contributed by atoms with E-state index in [9.17, 15) is 4.79 Å². The number of carbonyl (C=O) groups is 1. The van der Waals surface area contributed by atoms with Gasteiger partial charge in [0.1, 0.15) is 5.60 Å². The molecule has 0 aliphatic carbocycles. The summed E-state index contributed by atoms with van der Waals surface area (Å²) in [6.07, 6.45) is 4.29. The lowest BCUT2D eigenvalue weighted by Crippen LogP contribution is -2.24. The van der Waals surface area contributed by atoms with Gasteiger partial charge in [-0.15, -0.1) is 6.58 Å². The lowest BCUT2D eigenvalue weighted by atomic mass is 10.0. The zero-order valence-electron chi connectivity index (χ0n) is 11.3. The summed E-state index contributed by atoms with van der Waals surface area (Å²) in [5, 5.41) is 0. The van der Waals surface area contributed by atoms with Crippen molar-refractivity contribution in [2.24, 2.45) is 0 Å². The summed E-state index contributed by atoms with van der Waals surface area (Å²) < 4.78 is 5.34. The maximum Gasteiger partial charge on any atom is 0.338 e. The zero-order valence-corrected chi connectivity index (χ0v) is 11.3. The van der Waals surface area contributed by atoms with Crippen LogP contribution in [0.15, 0.2) is 37.4 Å². The zero-order chi connectivity index (χ0) is 13.8. The smallest absolute Gasteiger partial charge is 0.338 e. The van der Waals surface area contributed by atoms with Crippen LogP contribution in [0.5, 0.6) is 0 Å². The minimum Gasteiger partial charge on any atom is -0.456 e. The van der Waals surface area contributed by atoms with Crippen molar-refractivity contribution in [2.75, 3.05) is 0 Å². The standard InChI is InChI=1S/C16H20O2/c1-6-8-13-11-14(10-9-12(13)7-2)15(17)18-16(3,4)5/h6-7,9-11H,1-2,8H2,3-5H3. The average molecular weight is 244 g/mol. The van der Waals surface area contributed by atoms with E-state index in [2.05, 4.69) is 13.2 Å². The van der Waals surface area contributed by atoms with Gasteiger partial charge in [-0.1, -0.05) is 24.8 Å². The summed E-state index contributed by atoms with van der Waals surface area (Å²) in [5.41, 5.74) is 2.13. The topological polar surface area (TPSA) is 26.3 Å². The van der Waals surface area contributed by atoms with E-state index in [1.54, 1.807) is 18.2 Å². The monoisotopic (exact) mass is 244 g/mol. The van der Waals surface area contributed by atoms with Crippen molar-refractivity contribution in [1.82, 2.24) is 0 Å². The molecule has 0 N–H and O–H groups in total. The second-order valence-electron chi connectivity index (χ2n) is 5.11. The number of allylic oxidation sites excluding steroid dienone is 1. The van der Waals surface area contributed by atoms with Crippen molar-refractivity contribution in [3.63, 3.8) is 0 Å². The lowest BCUT2D eigenvalue weighted by Gasteiger charge is -2.19. The van der Waals surface area contributed by atoms with E-state index in [0.717, 1.165) is 11.1 Å². The lowest BCUT2D eigenvalue weighted by molar-refractivity contribution is 0.00694. The van der Waals surface area contributed by atoms with E-state index >= 15 is 0 Å². The highest BCUT2D eigenvalue weighted by molar-refractivity contribution is 5.90. The normalized spacial score (nSPS) is 10.8. The van der Waals surface area contributed by atoms with Crippen LogP contribution in [0.4, 0.5) is 0 Å². The molecule has 2 nitrogen and oxygen atoms in total. The second kappa shape index (κ2) is 5.67. The Bertz CT molecular complexity index is 464. The summed E-state index contributed by atoms with van der Waals surface area (Å²) in [4.78, 5) is 11.9. The van der Waals surface area contributed by atoms with Gasteiger partial charge in [-0.3, -0.25) is 0 Å². The molecule has 0 radical (unpaired) electrons. The molecular formula is C16H20O2. The fraction of sp³-hybridized carbons (Fsp3) is 0.312. The molecular weight excluding hydrogens is 224 g/mol. The van der Waals surface area contributed by atoms with Gasteiger partial charge in [0, 0.05) is 0 Å². The molecule has 1 aromatic carbocycles. The van der Waals surface area contributed by atoms with Crippen LogP contribution in [-0.2, 0) is 11.2 Å². The first-order chi connectivity index (χ1) is 8.37. The number of rotatable bonds is 4. The summed E-state index contributed by atoms with van der Waals surface area (Å²) in [6, 6.07) is 5.48. The second-order valence-corrected chi connectivity index (χ2v) is 5.11. The fourth-order valence-corrected chi connectivity index (χ4v) is 1.60. The van der Waals surface area contributed by atoms with E-state index in [0.29, 0.717) is 12.0 Å². The SMILES string of the molecule is C=CCc1cc(C(=O)OC(C)(C)C)ccc1C=C. The molecule has 0 aromatic heterocycles. The van der Waals surface area contributed by atoms with E-state index in [1.165, 1.54) is 0 Å². The predicted octanol–water partition coefficient (Wildman–Crippen LogP) is 4.01. The molecule has 2 heteroatoms. The highest BCUT2D eigenvalue weighted by Gasteiger charge is 2.18. The summed E-state index contributed by atoms with van der Waals surface area (Å²) in [7, 11) is 0. The van der Waals surface area contributed by atoms with Gasteiger partial charge < -0.3 is 4.74 Å². The van der Waals surface area contributed by atoms with Gasteiger partial charge in [0.15, 0.2) is 0 Å². The van der Waals surface area contributed by atoms with E-state index in [4.69, 9.17) is 4.74 Å². The molecule has 0 spiro atoms. The molecule has 0 saturated heterocycles. The Morgan fingerprint density at radius 2 is 2.00 bits per heavy atom. The van der Waals surface area contributed by atoms with Gasteiger partial charge in [0.2, 0.25) is 0 Å². The van der Waals surface area contributed by atoms with Gasteiger partial charge in [-0.05, 0) is 50.5 Å². The van der Waals surface area contributed by atoms with Crippen LogP contribution in [0.2, 0.25) is 0 Å². The Morgan fingerprint density at radius 3 is 2.50 bits per heavy atom. The van der Waals surface area contributed by atoms with Crippen LogP contribution in [0.1, 0.15) is 42.3 Å². The summed E-state index contributed by atoms with van der Waals surface area (Å²) in [5.74, 6) is -0.302. The number of ether oxygens (including phenoxy) is 1. The van der Waals surface area contributed by atoms with Crippen LogP contribution < -0.4 is 0 Å². The van der Waals surface area contributed by atoms with E-state index in [1.807, 2.05) is 32.9 Å². The van der Waals surface area contributed by atoms with Crippen LogP contribution >= 0.6 is 0 Å². The fourth-order valence-electron chi connectivity index (χ4n) is 1.60. The Hall–Kier alpha value is -1.83. The quantitative estimate of drug-likeness (QED) is 0.591. The Balaban J connectivity index is 3.04. The summed E-state index contributed by atoms with van der Waals surface area (Å²) >= 11 is 0. The maximum absolute atomic E-state index is 11.9. The van der Waals surface area contributed by atoms with Crippen molar-refractivity contribution in [2.45, 2.75) is 32.8 Å². The van der Waals surface area contributed by atoms with Crippen molar-refractivity contribution in [3.8, 4) is 0 Å². The number of benzene rings is 1. The number of hydrogen-bond donors (Lipinski definition) is 0. The van der Waals surface area contributed by atoms with Crippen molar-refractivity contribution < 1.29 is 9.53 Å². The number of carbonyl (C=O) groups excluding carboxylic acids is 1. The van der Waals surface area contributed by atoms with Crippen molar-refractivity contribution >= 4 is 12.0 Å². The van der Waals surface area contributed by atoms with Crippen LogP contribution in [-0.4, -0.2) is 11.6 Å². The molecule has 0 atom stereocenters. The van der Waals surface area contributed by atoms with Gasteiger partial charge in [0.25, 0.3) is 0 Å². The maximum atomic E-state index is 11.9. The van der Waals surface area contributed by atoms with Crippen molar-refractivity contribution in [3.05, 3.63) is 54.1 Å². The minimum absolute atomic E-state index is 0.302. The van der Waals surface area contributed by atoms with Crippen LogP contribution in [0.3, 0.4) is 0 Å². The molecule has 0 amide bonds. The first kappa shape index (κ1) is 14.2. The number of esters is 1. The molecule has 96 valence electrons. The Morgan fingerprint density at radius 1 is 1.33 bits per heavy atom. The highest BCUT2D eigenvalue weighted by Crippen LogP contribution is 2.17. The first-order valence-corrected chi connectivity index (χ1v) is 5.97.